The van der Waals surface area contributed by atoms with Gasteiger partial charge in [0.15, 0.2) is 5.82 Å². The monoisotopic (exact) mass is 324 g/mol. The lowest BCUT2D eigenvalue weighted by Gasteiger charge is -2.04. The van der Waals surface area contributed by atoms with Gasteiger partial charge in [-0.25, -0.2) is 0 Å². The number of hydrogen-bond acceptors (Lipinski definition) is 6. The highest BCUT2D eigenvalue weighted by molar-refractivity contribution is 6.34. The average molecular weight is 325 g/mol. The molecule has 0 aliphatic rings. The number of hydrogen-bond donors (Lipinski definition) is 1. The van der Waals surface area contributed by atoms with Crippen molar-refractivity contribution in [3.05, 3.63) is 50.6 Å². The predicted molar refractivity (Wildman–Crippen MR) is 77.6 cm³/mol. The summed E-state index contributed by atoms with van der Waals surface area (Å²) < 4.78 is 5.00. The van der Waals surface area contributed by atoms with E-state index in [1.807, 2.05) is 6.92 Å². The van der Waals surface area contributed by atoms with Crippen LogP contribution in [-0.4, -0.2) is 21.0 Å². The Morgan fingerprint density at radius 1 is 1.50 bits per heavy atom. The van der Waals surface area contributed by atoms with Crippen molar-refractivity contribution < 1.29 is 14.2 Å². The normalized spacial score (nSPS) is 10.5. The van der Waals surface area contributed by atoms with Gasteiger partial charge in [-0.05, 0) is 12.5 Å². The Hall–Kier alpha value is -2.48. The molecule has 0 saturated heterocycles. The summed E-state index contributed by atoms with van der Waals surface area (Å²) in [5.74, 6) is 0.400. The van der Waals surface area contributed by atoms with Crippen molar-refractivity contribution in [1.82, 2.24) is 15.5 Å². The molecule has 1 aromatic carbocycles. The summed E-state index contributed by atoms with van der Waals surface area (Å²) in [6, 6.07) is 3.65. The zero-order valence-corrected chi connectivity index (χ0v) is 12.5. The number of aromatic nitrogens is 2. The van der Waals surface area contributed by atoms with Crippen LogP contribution < -0.4 is 5.32 Å². The first-order valence-corrected chi connectivity index (χ1v) is 6.92. The second-order valence-corrected chi connectivity index (χ2v) is 4.87. The van der Waals surface area contributed by atoms with E-state index in [-0.39, 0.29) is 22.8 Å². The third-order valence-corrected chi connectivity index (χ3v) is 3.10. The summed E-state index contributed by atoms with van der Waals surface area (Å²) in [5, 5.41) is 16.9. The van der Waals surface area contributed by atoms with Crippen LogP contribution in [0.15, 0.2) is 22.7 Å². The summed E-state index contributed by atoms with van der Waals surface area (Å²) in [6.45, 7) is 2.07. The zero-order valence-electron chi connectivity index (χ0n) is 11.7. The first-order valence-electron chi connectivity index (χ1n) is 6.55. The minimum atomic E-state index is -0.581. The van der Waals surface area contributed by atoms with Crippen molar-refractivity contribution in [2.75, 3.05) is 0 Å². The summed E-state index contributed by atoms with van der Waals surface area (Å²) >= 11 is 5.88. The lowest BCUT2D eigenvalue weighted by molar-refractivity contribution is -0.384. The molecule has 116 valence electrons. The van der Waals surface area contributed by atoms with Crippen molar-refractivity contribution in [2.45, 2.75) is 26.3 Å². The Morgan fingerprint density at radius 2 is 2.27 bits per heavy atom. The number of nitrogens with zero attached hydrogens (tertiary/aromatic N) is 3. The van der Waals surface area contributed by atoms with E-state index < -0.39 is 10.8 Å². The standard InChI is InChI=1S/C13H13ClN4O4/c1-2-3-12-16-11(17-22-12)7-15-13(19)9-5-4-8(18(20)21)6-10(9)14/h4-6H,2-3,7H2,1H3,(H,15,19). The highest BCUT2D eigenvalue weighted by Gasteiger charge is 2.15. The number of amides is 1. The molecule has 1 amide bonds. The molecule has 0 aliphatic carbocycles. The third-order valence-electron chi connectivity index (χ3n) is 2.79. The predicted octanol–water partition coefficient (Wildman–Crippen LogP) is 2.51. The van der Waals surface area contributed by atoms with Crippen molar-refractivity contribution in [3.63, 3.8) is 0 Å². The van der Waals surface area contributed by atoms with E-state index in [4.69, 9.17) is 16.1 Å². The summed E-state index contributed by atoms with van der Waals surface area (Å²) in [7, 11) is 0. The molecule has 0 bridgehead atoms. The van der Waals surface area contributed by atoms with Gasteiger partial charge in [-0.15, -0.1) is 0 Å². The number of non-ortho nitro benzene ring substituents is 1. The van der Waals surface area contributed by atoms with E-state index in [0.29, 0.717) is 18.1 Å². The molecule has 0 radical (unpaired) electrons. The SMILES string of the molecule is CCCc1nc(CNC(=O)c2ccc([N+](=O)[O-])cc2Cl)no1. The maximum absolute atomic E-state index is 12.0. The molecule has 2 rings (SSSR count). The van der Waals surface area contributed by atoms with Gasteiger partial charge in [-0.3, -0.25) is 14.9 Å². The fourth-order valence-corrected chi connectivity index (χ4v) is 1.99. The fraction of sp³-hybridized carbons (Fsp3) is 0.308. The molecular weight excluding hydrogens is 312 g/mol. The minimum Gasteiger partial charge on any atom is -0.345 e. The smallest absolute Gasteiger partial charge is 0.270 e. The molecule has 0 atom stereocenters. The molecule has 0 fully saturated rings. The highest BCUT2D eigenvalue weighted by atomic mass is 35.5. The molecule has 2 aromatic rings. The van der Waals surface area contributed by atoms with Crippen LogP contribution in [0, 0.1) is 10.1 Å². The Bertz CT molecular complexity index is 701. The first kappa shape index (κ1) is 15.9. The number of nitrogens with one attached hydrogen (secondary N) is 1. The molecule has 1 aromatic heterocycles. The second-order valence-electron chi connectivity index (χ2n) is 4.46. The van der Waals surface area contributed by atoms with Gasteiger partial charge in [-0.1, -0.05) is 23.7 Å². The molecule has 22 heavy (non-hydrogen) atoms. The van der Waals surface area contributed by atoms with Gasteiger partial charge in [0.25, 0.3) is 11.6 Å². The van der Waals surface area contributed by atoms with E-state index >= 15 is 0 Å². The number of carbonyl (C=O) groups excluding carboxylic acids is 1. The molecular formula is C13H13ClN4O4. The molecule has 0 unspecified atom stereocenters. The molecule has 0 spiro atoms. The van der Waals surface area contributed by atoms with Crippen LogP contribution in [0.2, 0.25) is 5.02 Å². The number of halogens is 1. The van der Waals surface area contributed by atoms with Gasteiger partial charge in [0.1, 0.15) is 0 Å². The van der Waals surface area contributed by atoms with Crippen molar-refractivity contribution in [1.29, 1.82) is 0 Å². The van der Waals surface area contributed by atoms with Crippen LogP contribution in [0.4, 0.5) is 5.69 Å². The third kappa shape index (κ3) is 3.79. The summed E-state index contributed by atoms with van der Waals surface area (Å²) in [6.07, 6.45) is 1.56. The first-order chi connectivity index (χ1) is 10.5. The fourth-order valence-electron chi connectivity index (χ4n) is 1.73. The summed E-state index contributed by atoms with van der Waals surface area (Å²) in [5.41, 5.74) is -0.0338. The molecule has 9 heteroatoms. The van der Waals surface area contributed by atoms with E-state index in [0.717, 1.165) is 12.5 Å². The number of carbonyl (C=O) groups is 1. The van der Waals surface area contributed by atoms with E-state index in [2.05, 4.69) is 15.5 Å². The number of nitro groups is 1. The molecule has 1 heterocycles. The van der Waals surface area contributed by atoms with Gasteiger partial charge >= 0.3 is 0 Å². The Balaban J connectivity index is 2.01. The van der Waals surface area contributed by atoms with E-state index in [1.54, 1.807) is 0 Å². The van der Waals surface area contributed by atoms with Gasteiger partial charge in [-0.2, -0.15) is 4.98 Å². The summed E-state index contributed by atoms with van der Waals surface area (Å²) in [4.78, 5) is 26.2. The molecule has 0 aliphatic heterocycles. The maximum Gasteiger partial charge on any atom is 0.270 e. The van der Waals surface area contributed by atoms with Crippen molar-refractivity contribution >= 4 is 23.2 Å². The van der Waals surface area contributed by atoms with Crippen molar-refractivity contribution in [3.8, 4) is 0 Å². The topological polar surface area (TPSA) is 111 Å². The highest BCUT2D eigenvalue weighted by Crippen LogP contribution is 2.22. The van der Waals surface area contributed by atoms with Crippen LogP contribution >= 0.6 is 11.6 Å². The van der Waals surface area contributed by atoms with Crippen LogP contribution in [0.5, 0.6) is 0 Å². The molecule has 0 saturated carbocycles. The number of aryl methyl sites for hydroxylation is 1. The quantitative estimate of drug-likeness (QED) is 0.645. The lowest BCUT2D eigenvalue weighted by atomic mass is 10.2. The van der Waals surface area contributed by atoms with Gasteiger partial charge in [0.2, 0.25) is 5.89 Å². The number of nitro benzene ring substituents is 1. The van der Waals surface area contributed by atoms with Gasteiger partial charge in [0, 0.05) is 18.6 Å². The number of benzene rings is 1. The Morgan fingerprint density at radius 3 is 2.91 bits per heavy atom. The largest absolute Gasteiger partial charge is 0.345 e. The Kier molecular flexibility index (Phi) is 5.05. The van der Waals surface area contributed by atoms with Gasteiger partial charge in [0.05, 0.1) is 22.1 Å². The van der Waals surface area contributed by atoms with Gasteiger partial charge < -0.3 is 9.84 Å². The minimum absolute atomic E-state index is 0.00600. The zero-order chi connectivity index (χ0) is 16.1. The van der Waals surface area contributed by atoms with Crippen LogP contribution in [-0.2, 0) is 13.0 Å². The maximum atomic E-state index is 12.0. The van der Waals surface area contributed by atoms with Crippen LogP contribution in [0.1, 0.15) is 35.4 Å². The number of rotatable bonds is 6. The Labute approximate surface area is 130 Å². The van der Waals surface area contributed by atoms with Crippen LogP contribution in [0.3, 0.4) is 0 Å². The second kappa shape index (κ2) is 6.99. The van der Waals surface area contributed by atoms with E-state index in [9.17, 15) is 14.9 Å². The van der Waals surface area contributed by atoms with Crippen LogP contribution in [0.25, 0.3) is 0 Å². The lowest BCUT2D eigenvalue weighted by Crippen LogP contribution is -2.23. The van der Waals surface area contributed by atoms with Crippen molar-refractivity contribution in [2.24, 2.45) is 0 Å². The molecule has 1 N–H and O–H groups in total. The average Bonchev–Trinajstić information content (AvgIpc) is 2.92. The molecule has 8 nitrogen and oxygen atoms in total. The van der Waals surface area contributed by atoms with E-state index in [1.165, 1.54) is 12.1 Å².